The van der Waals surface area contributed by atoms with E-state index in [0.717, 1.165) is 38.6 Å². The van der Waals surface area contributed by atoms with Gasteiger partial charge in [-0.1, -0.05) is 19.8 Å². The standard InChI is InChI=1S/C11H21NO2/c1-2-3-4-7-11(14)12-8-5-6-10(12)9-13/h10,13H,2-9H2,1H3/t10-/m0/s1. The number of likely N-dealkylation sites (tertiary alicyclic amines) is 1. The van der Waals surface area contributed by atoms with Crippen molar-refractivity contribution in [2.75, 3.05) is 13.2 Å². The predicted octanol–water partition coefficient (Wildman–Crippen LogP) is 1.55. The van der Waals surface area contributed by atoms with Gasteiger partial charge in [0.15, 0.2) is 0 Å². The average molecular weight is 199 g/mol. The Morgan fingerprint density at radius 1 is 1.50 bits per heavy atom. The van der Waals surface area contributed by atoms with Crippen LogP contribution in [0.15, 0.2) is 0 Å². The fourth-order valence-electron chi connectivity index (χ4n) is 2.02. The van der Waals surface area contributed by atoms with Crippen LogP contribution < -0.4 is 0 Å². The molecule has 1 N–H and O–H groups in total. The molecule has 82 valence electrons. The lowest BCUT2D eigenvalue weighted by atomic mass is 10.2. The second-order valence-electron chi connectivity index (χ2n) is 4.02. The van der Waals surface area contributed by atoms with Crippen LogP contribution in [-0.2, 0) is 4.79 Å². The molecule has 1 atom stereocenters. The molecule has 0 spiro atoms. The van der Waals surface area contributed by atoms with Crippen molar-refractivity contribution in [2.24, 2.45) is 0 Å². The Morgan fingerprint density at radius 3 is 2.93 bits per heavy atom. The number of carbonyl (C=O) groups is 1. The van der Waals surface area contributed by atoms with E-state index in [9.17, 15) is 4.79 Å². The number of aliphatic hydroxyl groups is 1. The topological polar surface area (TPSA) is 40.5 Å². The Labute approximate surface area is 86.1 Å². The van der Waals surface area contributed by atoms with E-state index in [4.69, 9.17) is 5.11 Å². The van der Waals surface area contributed by atoms with Gasteiger partial charge in [-0.3, -0.25) is 4.79 Å². The van der Waals surface area contributed by atoms with Crippen LogP contribution in [-0.4, -0.2) is 35.1 Å². The summed E-state index contributed by atoms with van der Waals surface area (Å²) in [5.41, 5.74) is 0. The summed E-state index contributed by atoms with van der Waals surface area (Å²) in [5.74, 6) is 0.231. The summed E-state index contributed by atoms with van der Waals surface area (Å²) in [5, 5.41) is 9.06. The van der Waals surface area contributed by atoms with Crippen molar-refractivity contribution in [2.45, 2.75) is 51.5 Å². The lowest BCUT2D eigenvalue weighted by Gasteiger charge is -2.22. The normalized spacial score (nSPS) is 21.6. The van der Waals surface area contributed by atoms with Crippen molar-refractivity contribution >= 4 is 5.91 Å². The van der Waals surface area contributed by atoms with Crippen molar-refractivity contribution in [1.29, 1.82) is 0 Å². The van der Waals surface area contributed by atoms with E-state index in [2.05, 4.69) is 6.92 Å². The number of unbranched alkanes of at least 4 members (excludes halogenated alkanes) is 2. The molecule has 1 saturated heterocycles. The molecule has 3 nitrogen and oxygen atoms in total. The fraction of sp³-hybridized carbons (Fsp3) is 0.909. The molecule has 0 bridgehead atoms. The van der Waals surface area contributed by atoms with Gasteiger partial charge in [-0.2, -0.15) is 0 Å². The number of carbonyl (C=O) groups excluding carboxylic acids is 1. The summed E-state index contributed by atoms with van der Waals surface area (Å²) in [4.78, 5) is 13.6. The van der Waals surface area contributed by atoms with E-state index >= 15 is 0 Å². The van der Waals surface area contributed by atoms with Crippen molar-refractivity contribution in [1.82, 2.24) is 4.90 Å². The molecule has 0 unspecified atom stereocenters. The van der Waals surface area contributed by atoms with Gasteiger partial charge in [-0.05, 0) is 19.3 Å². The van der Waals surface area contributed by atoms with Crippen LogP contribution >= 0.6 is 0 Å². The molecule has 1 aliphatic rings. The van der Waals surface area contributed by atoms with Gasteiger partial charge >= 0.3 is 0 Å². The number of hydrogen-bond donors (Lipinski definition) is 1. The van der Waals surface area contributed by atoms with Crippen molar-refractivity contribution in [3.8, 4) is 0 Å². The van der Waals surface area contributed by atoms with Crippen LogP contribution in [0.5, 0.6) is 0 Å². The number of nitrogens with zero attached hydrogens (tertiary/aromatic N) is 1. The lowest BCUT2D eigenvalue weighted by molar-refractivity contribution is -0.132. The highest BCUT2D eigenvalue weighted by atomic mass is 16.3. The zero-order valence-electron chi connectivity index (χ0n) is 9.04. The molecule has 1 rings (SSSR count). The Hall–Kier alpha value is -0.570. The highest BCUT2D eigenvalue weighted by Gasteiger charge is 2.27. The van der Waals surface area contributed by atoms with Crippen LogP contribution in [0.1, 0.15) is 45.4 Å². The summed E-state index contributed by atoms with van der Waals surface area (Å²) in [7, 11) is 0. The molecule has 0 radical (unpaired) electrons. The van der Waals surface area contributed by atoms with E-state index in [0.29, 0.717) is 6.42 Å². The molecule has 14 heavy (non-hydrogen) atoms. The minimum absolute atomic E-state index is 0.101. The Bertz CT molecular complexity index is 182. The zero-order valence-corrected chi connectivity index (χ0v) is 9.04. The van der Waals surface area contributed by atoms with Crippen LogP contribution in [0.3, 0.4) is 0 Å². The molecule has 1 aliphatic heterocycles. The number of aliphatic hydroxyl groups excluding tert-OH is 1. The van der Waals surface area contributed by atoms with Gasteiger partial charge in [-0.25, -0.2) is 0 Å². The van der Waals surface area contributed by atoms with Crippen LogP contribution in [0.25, 0.3) is 0 Å². The molecule has 3 heteroatoms. The van der Waals surface area contributed by atoms with Gasteiger partial charge in [0.1, 0.15) is 0 Å². The molecule has 0 aliphatic carbocycles. The first-order valence-corrected chi connectivity index (χ1v) is 5.70. The molecule has 0 aromatic rings. The largest absolute Gasteiger partial charge is 0.394 e. The maximum absolute atomic E-state index is 11.7. The monoisotopic (exact) mass is 199 g/mol. The van der Waals surface area contributed by atoms with Gasteiger partial charge in [-0.15, -0.1) is 0 Å². The van der Waals surface area contributed by atoms with Crippen LogP contribution in [0.4, 0.5) is 0 Å². The van der Waals surface area contributed by atoms with Gasteiger partial charge in [0.25, 0.3) is 0 Å². The number of hydrogen-bond acceptors (Lipinski definition) is 2. The van der Waals surface area contributed by atoms with Gasteiger partial charge in [0.05, 0.1) is 12.6 Å². The van der Waals surface area contributed by atoms with Gasteiger partial charge in [0.2, 0.25) is 5.91 Å². The van der Waals surface area contributed by atoms with Crippen LogP contribution in [0, 0.1) is 0 Å². The third-order valence-corrected chi connectivity index (χ3v) is 2.90. The molecule has 1 amide bonds. The molecular weight excluding hydrogens is 178 g/mol. The zero-order chi connectivity index (χ0) is 10.4. The number of amides is 1. The Morgan fingerprint density at radius 2 is 2.29 bits per heavy atom. The first-order chi connectivity index (χ1) is 6.79. The predicted molar refractivity (Wildman–Crippen MR) is 56.0 cm³/mol. The summed E-state index contributed by atoms with van der Waals surface area (Å²) < 4.78 is 0. The van der Waals surface area contributed by atoms with E-state index in [1.165, 1.54) is 0 Å². The summed E-state index contributed by atoms with van der Waals surface area (Å²) in [6.45, 7) is 3.10. The third kappa shape index (κ3) is 2.98. The Balaban J connectivity index is 2.28. The minimum atomic E-state index is 0.101. The second-order valence-corrected chi connectivity index (χ2v) is 4.02. The molecule has 1 fully saturated rings. The van der Waals surface area contributed by atoms with Crippen LogP contribution in [0.2, 0.25) is 0 Å². The maximum Gasteiger partial charge on any atom is 0.222 e. The quantitative estimate of drug-likeness (QED) is 0.682. The smallest absolute Gasteiger partial charge is 0.222 e. The van der Waals surface area contributed by atoms with Gasteiger partial charge < -0.3 is 10.0 Å². The lowest BCUT2D eigenvalue weighted by Crippen LogP contribution is -2.37. The highest BCUT2D eigenvalue weighted by molar-refractivity contribution is 5.76. The number of rotatable bonds is 5. The van der Waals surface area contributed by atoms with E-state index in [1.807, 2.05) is 4.90 Å². The average Bonchev–Trinajstić information content (AvgIpc) is 2.65. The second kappa shape index (κ2) is 6.02. The first kappa shape index (κ1) is 11.5. The van der Waals surface area contributed by atoms with Crippen molar-refractivity contribution in [3.05, 3.63) is 0 Å². The van der Waals surface area contributed by atoms with Crippen molar-refractivity contribution in [3.63, 3.8) is 0 Å². The fourth-order valence-corrected chi connectivity index (χ4v) is 2.02. The molecule has 0 aromatic heterocycles. The molecule has 0 aromatic carbocycles. The van der Waals surface area contributed by atoms with E-state index in [-0.39, 0.29) is 18.6 Å². The highest BCUT2D eigenvalue weighted by Crippen LogP contribution is 2.18. The molecule has 1 heterocycles. The van der Waals surface area contributed by atoms with E-state index < -0.39 is 0 Å². The minimum Gasteiger partial charge on any atom is -0.394 e. The third-order valence-electron chi connectivity index (χ3n) is 2.90. The maximum atomic E-state index is 11.7. The summed E-state index contributed by atoms with van der Waals surface area (Å²) >= 11 is 0. The van der Waals surface area contributed by atoms with E-state index in [1.54, 1.807) is 0 Å². The van der Waals surface area contributed by atoms with Crippen molar-refractivity contribution < 1.29 is 9.90 Å². The Kier molecular flexibility index (Phi) is 4.94. The molecular formula is C11H21NO2. The SMILES string of the molecule is CCCCCC(=O)N1CCC[C@H]1CO. The van der Waals surface area contributed by atoms with Gasteiger partial charge in [0, 0.05) is 13.0 Å². The summed E-state index contributed by atoms with van der Waals surface area (Å²) in [6.07, 6.45) is 5.94. The first-order valence-electron chi connectivity index (χ1n) is 5.70. The molecule has 0 saturated carbocycles. The summed E-state index contributed by atoms with van der Waals surface area (Å²) in [6, 6.07) is 0.101.